The van der Waals surface area contributed by atoms with Crippen LogP contribution in [0.15, 0.2) is 30.3 Å². The molecule has 0 amide bonds. The van der Waals surface area contributed by atoms with Gasteiger partial charge in [-0.1, -0.05) is 18.2 Å². The molecule has 0 radical (unpaired) electrons. The third-order valence-corrected chi connectivity index (χ3v) is 3.15. The number of ether oxygens (including phenoxy) is 1. The van der Waals surface area contributed by atoms with E-state index in [1.54, 1.807) is 0 Å². The van der Waals surface area contributed by atoms with Crippen LogP contribution in [0, 0.1) is 13.8 Å². The highest BCUT2D eigenvalue weighted by atomic mass is 16.5. The number of H-pyrrole nitrogens is 1. The molecule has 2 aromatic rings. The van der Waals surface area contributed by atoms with Crippen molar-refractivity contribution in [3.63, 3.8) is 0 Å². The second-order valence-electron chi connectivity index (χ2n) is 4.82. The Morgan fingerprint density at radius 2 is 2.05 bits per heavy atom. The Kier molecular flexibility index (Phi) is 5.15. The van der Waals surface area contributed by atoms with Crippen LogP contribution in [-0.4, -0.2) is 34.6 Å². The normalized spacial score (nSPS) is 12.3. The SMILES string of the molecule is Cc1n[nH]c(C)c1CNC[C@H](O)COc1ccccc1. The number of hydrogen-bond donors (Lipinski definition) is 3. The first-order valence-electron chi connectivity index (χ1n) is 6.74. The summed E-state index contributed by atoms with van der Waals surface area (Å²) in [5, 5.41) is 20.2. The number of aromatic amines is 1. The molecular weight excluding hydrogens is 254 g/mol. The van der Waals surface area contributed by atoms with Crippen molar-refractivity contribution >= 4 is 0 Å². The topological polar surface area (TPSA) is 70.2 Å². The first kappa shape index (κ1) is 14.6. The van der Waals surface area contributed by atoms with E-state index in [9.17, 15) is 5.11 Å². The van der Waals surface area contributed by atoms with E-state index in [2.05, 4.69) is 15.5 Å². The highest BCUT2D eigenvalue weighted by molar-refractivity contribution is 5.23. The summed E-state index contributed by atoms with van der Waals surface area (Å²) < 4.78 is 5.49. The van der Waals surface area contributed by atoms with Gasteiger partial charge in [0.2, 0.25) is 0 Å². The van der Waals surface area contributed by atoms with E-state index in [-0.39, 0.29) is 6.61 Å². The molecule has 2 rings (SSSR count). The number of benzene rings is 1. The van der Waals surface area contributed by atoms with E-state index in [1.807, 2.05) is 44.2 Å². The Labute approximate surface area is 119 Å². The number of para-hydroxylation sites is 1. The molecule has 20 heavy (non-hydrogen) atoms. The first-order valence-corrected chi connectivity index (χ1v) is 6.74. The van der Waals surface area contributed by atoms with Crippen molar-refractivity contribution in [1.82, 2.24) is 15.5 Å². The average molecular weight is 275 g/mol. The van der Waals surface area contributed by atoms with Gasteiger partial charge in [-0.3, -0.25) is 5.10 Å². The zero-order valence-corrected chi connectivity index (χ0v) is 11.9. The van der Waals surface area contributed by atoms with Crippen LogP contribution in [0.4, 0.5) is 0 Å². The quantitative estimate of drug-likeness (QED) is 0.717. The van der Waals surface area contributed by atoms with Crippen LogP contribution in [0.5, 0.6) is 5.75 Å². The largest absolute Gasteiger partial charge is 0.491 e. The van der Waals surface area contributed by atoms with Crippen molar-refractivity contribution in [3.8, 4) is 5.75 Å². The van der Waals surface area contributed by atoms with Crippen LogP contribution in [-0.2, 0) is 6.54 Å². The minimum Gasteiger partial charge on any atom is -0.491 e. The second-order valence-corrected chi connectivity index (χ2v) is 4.82. The molecule has 5 nitrogen and oxygen atoms in total. The summed E-state index contributed by atoms with van der Waals surface area (Å²) in [5.41, 5.74) is 3.20. The number of aryl methyl sites for hydroxylation is 2. The van der Waals surface area contributed by atoms with Crippen LogP contribution in [0.1, 0.15) is 17.0 Å². The van der Waals surface area contributed by atoms with E-state index in [1.165, 1.54) is 0 Å². The highest BCUT2D eigenvalue weighted by Gasteiger charge is 2.08. The van der Waals surface area contributed by atoms with E-state index in [4.69, 9.17) is 4.74 Å². The van der Waals surface area contributed by atoms with Crippen molar-refractivity contribution in [2.75, 3.05) is 13.2 Å². The summed E-state index contributed by atoms with van der Waals surface area (Å²) in [6, 6.07) is 9.49. The van der Waals surface area contributed by atoms with Gasteiger partial charge in [0, 0.05) is 24.3 Å². The lowest BCUT2D eigenvalue weighted by molar-refractivity contribution is 0.106. The van der Waals surface area contributed by atoms with Crippen LogP contribution >= 0.6 is 0 Å². The maximum atomic E-state index is 9.87. The molecule has 5 heteroatoms. The Bertz CT molecular complexity index is 506. The van der Waals surface area contributed by atoms with E-state index in [0.29, 0.717) is 13.1 Å². The zero-order valence-electron chi connectivity index (χ0n) is 11.9. The third-order valence-electron chi connectivity index (χ3n) is 3.15. The van der Waals surface area contributed by atoms with Gasteiger partial charge in [0.05, 0.1) is 5.69 Å². The number of rotatable bonds is 7. The molecule has 0 unspecified atom stereocenters. The fraction of sp³-hybridized carbons (Fsp3) is 0.400. The molecule has 0 saturated heterocycles. The third kappa shape index (κ3) is 4.08. The van der Waals surface area contributed by atoms with Gasteiger partial charge >= 0.3 is 0 Å². The fourth-order valence-corrected chi connectivity index (χ4v) is 1.97. The fourth-order valence-electron chi connectivity index (χ4n) is 1.97. The molecule has 0 bridgehead atoms. The predicted octanol–water partition coefficient (Wildman–Crippen LogP) is 1.56. The molecule has 1 atom stereocenters. The van der Waals surface area contributed by atoms with E-state index >= 15 is 0 Å². The molecule has 0 spiro atoms. The number of hydrogen-bond acceptors (Lipinski definition) is 4. The van der Waals surface area contributed by atoms with Crippen molar-refractivity contribution in [1.29, 1.82) is 0 Å². The number of aromatic nitrogens is 2. The van der Waals surface area contributed by atoms with Crippen molar-refractivity contribution < 1.29 is 9.84 Å². The number of aliphatic hydroxyl groups is 1. The maximum Gasteiger partial charge on any atom is 0.119 e. The molecule has 1 aromatic heterocycles. The van der Waals surface area contributed by atoms with E-state index < -0.39 is 6.10 Å². The molecule has 3 N–H and O–H groups in total. The average Bonchev–Trinajstić information content (AvgIpc) is 2.78. The number of aliphatic hydroxyl groups excluding tert-OH is 1. The van der Waals surface area contributed by atoms with Gasteiger partial charge in [0.1, 0.15) is 18.5 Å². The Balaban J connectivity index is 1.69. The minimum atomic E-state index is -0.539. The summed E-state index contributed by atoms with van der Waals surface area (Å²) in [6.45, 7) is 5.41. The lowest BCUT2D eigenvalue weighted by atomic mass is 10.2. The summed E-state index contributed by atoms with van der Waals surface area (Å²) in [6.07, 6.45) is -0.539. The summed E-state index contributed by atoms with van der Waals surface area (Å²) in [5.74, 6) is 0.771. The van der Waals surface area contributed by atoms with Gasteiger partial charge in [-0.05, 0) is 26.0 Å². The summed E-state index contributed by atoms with van der Waals surface area (Å²) >= 11 is 0. The van der Waals surface area contributed by atoms with E-state index in [0.717, 1.165) is 22.7 Å². The summed E-state index contributed by atoms with van der Waals surface area (Å²) in [7, 11) is 0. The molecule has 0 saturated carbocycles. The van der Waals surface area contributed by atoms with Crippen LogP contribution in [0.25, 0.3) is 0 Å². The molecule has 0 aliphatic rings. The predicted molar refractivity (Wildman–Crippen MR) is 77.7 cm³/mol. The molecule has 1 aromatic carbocycles. The van der Waals surface area contributed by atoms with Crippen LogP contribution in [0.2, 0.25) is 0 Å². The molecule has 1 heterocycles. The molecule has 0 aliphatic carbocycles. The first-order chi connectivity index (χ1) is 9.66. The molecular formula is C15H21N3O2. The Morgan fingerprint density at radius 3 is 2.70 bits per heavy atom. The minimum absolute atomic E-state index is 0.278. The molecule has 108 valence electrons. The smallest absolute Gasteiger partial charge is 0.119 e. The molecule has 0 fully saturated rings. The zero-order chi connectivity index (χ0) is 14.4. The Morgan fingerprint density at radius 1 is 1.30 bits per heavy atom. The van der Waals surface area contributed by atoms with Crippen LogP contribution in [0.3, 0.4) is 0 Å². The lowest BCUT2D eigenvalue weighted by Gasteiger charge is -2.13. The summed E-state index contributed by atoms with van der Waals surface area (Å²) in [4.78, 5) is 0. The van der Waals surface area contributed by atoms with Gasteiger partial charge in [-0.15, -0.1) is 0 Å². The standard InChI is InChI=1S/C15H21N3O2/c1-11-15(12(2)18-17-11)9-16-8-13(19)10-20-14-6-4-3-5-7-14/h3-7,13,16,19H,8-10H2,1-2H3,(H,17,18)/t13-/m0/s1. The second kappa shape index (κ2) is 7.07. The van der Waals surface area contributed by atoms with Crippen molar-refractivity contribution in [2.24, 2.45) is 0 Å². The molecule has 0 aliphatic heterocycles. The van der Waals surface area contributed by atoms with Crippen molar-refractivity contribution in [3.05, 3.63) is 47.3 Å². The van der Waals surface area contributed by atoms with Crippen LogP contribution < -0.4 is 10.1 Å². The number of nitrogens with zero attached hydrogens (tertiary/aromatic N) is 1. The van der Waals surface area contributed by atoms with Gasteiger partial charge in [0.15, 0.2) is 0 Å². The van der Waals surface area contributed by atoms with Gasteiger partial charge < -0.3 is 15.2 Å². The Hall–Kier alpha value is -1.85. The number of nitrogens with one attached hydrogen (secondary N) is 2. The lowest BCUT2D eigenvalue weighted by Crippen LogP contribution is -2.31. The highest BCUT2D eigenvalue weighted by Crippen LogP contribution is 2.09. The van der Waals surface area contributed by atoms with Gasteiger partial charge in [0.25, 0.3) is 0 Å². The maximum absolute atomic E-state index is 9.87. The monoisotopic (exact) mass is 275 g/mol. The van der Waals surface area contributed by atoms with Gasteiger partial charge in [-0.25, -0.2) is 0 Å². The van der Waals surface area contributed by atoms with Gasteiger partial charge in [-0.2, -0.15) is 5.10 Å². The van der Waals surface area contributed by atoms with Crippen molar-refractivity contribution in [2.45, 2.75) is 26.5 Å².